The third-order valence-corrected chi connectivity index (χ3v) is 1.77. The van der Waals surface area contributed by atoms with Crippen molar-refractivity contribution >= 4 is 12.4 Å². The molecule has 0 aliphatic carbocycles. The zero-order valence-electron chi connectivity index (χ0n) is 8.76. The van der Waals surface area contributed by atoms with Crippen LogP contribution in [0.25, 0.3) is 0 Å². The summed E-state index contributed by atoms with van der Waals surface area (Å²) < 4.78 is 4.65. The molecule has 6 heteroatoms. The highest BCUT2D eigenvalue weighted by Gasteiger charge is 2.09. The number of carboxylic acids is 1. The lowest BCUT2D eigenvalue weighted by Gasteiger charge is -2.03. The summed E-state index contributed by atoms with van der Waals surface area (Å²) in [5.41, 5.74) is 10.4. The Kier molecular flexibility index (Phi) is 8.70. The number of unbranched alkanes of at least 4 members (excludes halogenated alkanes) is 1. The number of nitrogens with zero attached hydrogens (tertiary/aromatic N) is 1. The van der Waals surface area contributed by atoms with Crippen molar-refractivity contribution in [2.45, 2.75) is 25.3 Å². The van der Waals surface area contributed by atoms with Crippen molar-refractivity contribution in [2.24, 2.45) is 16.5 Å². The van der Waals surface area contributed by atoms with Gasteiger partial charge in [0.05, 0.1) is 6.54 Å². The molecule has 0 aromatic carbocycles. The summed E-state index contributed by atoms with van der Waals surface area (Å²) in [7, 11) is 0. The van der Waals surface area contributed by atoms with E-state index in [4.69, 9.17) is 16.6 Å². The van der Waals surface area contributed by atoms with E-state index in [2.05, 4.69) is 9.73 Å². The lowest BCUT2D eigenvalue weighted by atomic mass is 10.1. The number of aliphatic carboxylic acids is 1. The number of hydrogen-bond acceptors (Lipinski definition) is 5. The fraction of sp³-hybridized carbons (Fsp3) is 0.778. The van der Waals surface area contributed by atoms with E-state index in [1.165, 1.54) is 6.40 Å². The second kappa shape index (κ2) is 9.42. The van der Waals surface area contributed by atoms with Crippen LogP contribution in [0.1, 0.15) is 19.3 Å². The van der Waals surface area contributed by atoms with Crippen molar-refractivity contribution in [2.75, 3.05) is 19.7 Å². The fourth-order valence-corrected chi connectivity index (χ4v) is 0.896. The van der Waals surface area contributed by atoms with Crippen molar-refractivity contribution in [3.63, 3.8) is 0 Å². The first-order valence-electron chi connectivity index (χ1n) is 4.97. The maximum Gasteiger partial charge on any atom is 0.320 e. The molecule has 0 saturated carbocycles. The van der Waals surface area contributed by atoms with Crippen LogP contribution < -0.4 is 11.5 Å². The van der Waals surface area contributed by atoms with Gasteiger partial charge in [-0.15, -0.1) is 0 Å². The molecule has 5 N–H and O–H groups in total. The first kappa shape index (κ1) is 13.9. The first-order chi connectivity index (χ1) is 7.18. The van der Waals surface area contributed by atoms with Crippen LogP contribution in [-0.4, -0.2) is 43.2 Å². The van der Waals surface area contributed by atoms with Gasteiger partial charge in [0, 0.05) is 0 Å². The third-order valence-electron chi connectivity index (χ3n) is 1.77. The lowest BCUT2D eigenvalue weighted by molar-refractivity contribution is -0.138. The molecule has 0 amide bonds. The minimum atomic E-state index is -0.933. The molecule has 1 aliphatic heterocycles. The number of nitrogens with two attached hydrogens (primary N) is 2. The fourth-order valence-electron chi connectivity index (χ4n) is 0.896. The zero-order chi connectivity index (χ0) is 11.5. The Morgan fingerprint density at radius 2 is 2.33 bits per heavy atom. The molecule has 1 rings (SSSR count). The number of carboxylic acid groups (broad SMARTS) is 1. The molecule has 1 atom stereocenters. The van der Waals surface area contributed by atoms with Gasteiger partial charge >= 0.3 is 5.97 Å². The van der Waals surface area contributed by atoms with Gasteiger partial charge < -0.3 is 21.3 Å². The highest BCUT2D eigenvalue weighted by atomic mass is 16.5. The summed E-state index contributed by atoms with van der Waals surface area (Å²) in [5.74, 6) is -0.933. The molecule has 1 heterocycles. The number of rotatable bonds is 5. The minimum Gasteiger partial charge on any atom is -0.482 e. The highest BCUT2D eigenvalue weighted by Crippen LogP contribution is 1.96. The summed E-state index contributed by atoms with van der Waals surface area (Å²) >= 11 is 0. The number of ether oxygens (including phenoxy) is 1. The topological polar surface area (TPSA) is 111 Å². The predicted octanol–water partition coefficient (Wildman–Crippen LogP) is -0.428. The van der Waals surface area contributed by atoms with Gasteiger partial charge in [-0.3, -0.25) is 9.79 Å². The van der Waals surface area contributed by atoms with Gasteiger partial charge in [-0.05, 0) is 19.4 Å². The Bertz CT molecular complexity index is 191. The minimum absolute atomic E-state index is 0.520. The third kappa shape index (κ3) is 9.17. The number of aliphatic imine (C=N–C) groups is 1. The zero-order valence-corrected chi connectivity index (χ0v) is 8.76. The van der Waals surface area contributed by atoms with Gasteiger partial charge in [-0.25, -0.2) is 0 Å². The molecule has 0 unspecified atom stereocenters. The van der Waals surface area contributed by atoms with Crippen LogP contribution >= 0.6 is 0 Å². The standard InChI is InChI=1S/C6H14N2O2.C3H5NO/c7-4-2-1-3-5(8)6(9)10;1-2-5-3-4-1/h5H,1-4,7-8H2,(H,9,10);3H,1-2H2/t5-;/m0./s1. The van der Waals surface area contributed by atoms with Gasteiger partial charge in [0.2, 0.25) is 0 Å². The monoisotopic (exact) mass is 217 g/mol. The van der Waals surface area contributed by atoms with E-state index >= 15 is 0 Å². The van der Waals surface area contributed by atoms with Crippen LogP contribution in [0.4, 0.5) is 0 Å². The molecular weight excluding hydrogens is 198 g/mol. The molecule has 0 bridgehead atoms. The summed E-state index contributed by atoms with van der Waals surface area (Å²) in [4.78, 5) is 13.9. The van der Waals surface area contributed by atoms with Crippen LogP contribution in [0.15, 0.2) is 4.99 Å². The Hall–Kier alpha value is -1.14. The van der Waals surface area contributed by atoms with Crippen molar-refractivity contribution in [1.29, 1.82) is 0 Å². The Morgan fingerprint density at radius 1 is 1.60 bits per heavy atom. The van der Waals surface area contributed by atoms with Crippen LogP contribution in [0.5, 0.6) is 0 Å². The Morgan fingerprint density at radius 3 is 2.67 bits per heavy atom. The van der Waals surface area contributed by atoms with Gasteiger partial charge in [-0.1, -0.05) is 6.42 Å². The SMILES string of the molecule is C1=NCCO1.NCCCC[C@H](N)C(=O)O. The normalized spacial score (nSPS) is 15.1. The van der Waals surface area contributed by atoms with Crippen LogP contribution in [0.2, 0.25) is 0 Å². The molecule has 0 radical (unpaired) electrons. The quantitative estimate of drug-likeness (QED) is 0.541. The maximum atomic E-state index is 10.1. The molecule has 0 spiro atoms. The van der Waals surface area contributed by atoms with E-state index in [1.54, 1.807) is 0 Å². The Balaban J connectivity index is 0.000000322. The average molecular weight is 217 g/mol. The summed E-state index contributed by atoms with van der Waals surface area (Å²) in [5, 5.41) is 8.33. The van der Waals surface area contributed by atoms with Gasteiger partial charge in [-0.2, -0.15) is 0 Å². The van der Waals surface area contributed by atoms with E-state index in [9.17, 15) is 4.79 Å². The van der Waals surface area contributed by atoms with Crippen molar-refractivity contribution < 1.29 is 14.6 Å². The van der Waals surface area contributed by atoms with Crippen LogP contribution in [-0.2, 0) is 9.53 Å². The van der Waals surface area contributed by atoms with E-state index < -0.39 is 12.0 Å². The average Bonchev–Trinajstić information content (AvgIpc) is 2.75. The lowest BCUT2D eigenvalue weighted by Crippen LogP contribution is -2.29. The molecule has 1 aliphatic rings. The van der Waals surface area contributed by atoms with E-state index in [-0.39, 0.29) is 0 Å². The summed E-state index contributed by atoms with van der Waals surface area (Å²) in [6.07, 6.45) is 3.65. The summed E-state index contributed by atoms with van der Waals surface area (Å²) in [6.45, 7) is 2.23. The second-order valence-corrected chi connectivity index (χ2v) is 3.11. The van der Waals surface area contributed by atoms with Crippen molar-refractivity contribution in [3.05, 3.63) is 0 Å². The molecular formula is C9H19N3O3. The molecule has 88 valence electrons. The summed E-state index contributed by atoms with van der Waals surface area (Å²) in [6, 6.07) is -0.716. The number of hydrogen-bond donors (Lipinski definition) is 3. The van der Waals surface area contributed by atoms with Crippen LogP contribution in [0.3, 0.4) is 0 Å². The second-order valence-electron chi connectivity index (χ2n) is 3.11. The maximum absolute atomic E-state index is 10.1. The molecule has 6 nitrogen and oxygen atoms in total. The molecule has 0 aromatic heterocycles. The largest absolute Gasteiger partial charge is 0.482 e. The van der Waals surface area contributed by atoms with Crippen molar-refractivity contribution in [3.8, 4) is 0 Å². The molecule has 0 saturated heterocycles. The van der Waals surface area contributed by atoms with E-state index in [1.807, 2.05) is 0 Å². The van der Waals surface area contributed by atoms with E-state index in [0.717, 1.165) is 26.0 Å². The smallest absolute Gasteiger partial charge is 0.320 e. The van der Waals surface area contributed by atoms with E-state index in [0.29, 0.717) is 13.0 Å². The molecule has 0 aromatic rings. The van der Waals surface area contributed by atoms with Gasteiger partial charge in [0.15, 0.2) is 6.40 Å². The first-order valence-corrected chi connectivity index (χ1v) is 4.97. The van der Waals surface area contributed by atoms with Gasteiger partial charge in [0.1, 0.15) is 12.6 Å². The van der Waals surface area contributed by atoms with Crippen molar-refractivity contribution in [1.82, 2.24) is 0 Å². The molecule has 15 heavy (non-hydrogen) atoms. The Labute approximate surface area is 89.3 Å². The highest BCUT2D eigenvalue weighted by molar-refractivity contribution is 5.72. The predicted molar refractivity (Wildman–Crippen MR) is 57.8 cm³/mol. The number of carbonyl (C=O) groups is 1. The van der Waals surface area contributed by atoms with Crippen LogP contribution in [0, 0.1) is 0 Å². The van der Waals surface area contributed by atoms with Gasteiger partial charge in [0.25, 0.3) is 0 Å². The molecule has 0 fully saturated rings.